The van der Waals surface area contributed by atoms with Crippen LogP contribution in [-0.4, -0.2) is 37.7 Å². The van der Waals surface area contributed by atoms with Crippen molar-refractivity contribution in [1.82, 2.24) is 10.6 Å². The van der Waals surface area contributed by atoms with Crippen LogP contribution in [0, 0.1) is 0 Å². The van der Waals surface area contributed by atoms with Gasteiger partial charge in [-0.2, -0.15) is 0 Å². The highest BCUT2D eigenvalue weighted by Crippen LogP contribution is 2.17. The number of nitrogens with one attached hydrogen (secondary N) is 2. The van der Waals surface area contributed by atoms with Gasteiger partial charge >= 0.3 is 0 Å². The zero-order valence-electron chi connectivity index (χ0n) is 10.6. The Hall–Kier alpha value is -0.610. The molecule has 0 spiro atoms. The Balaban J connectivity index is 2.19. The minimum absolute atomic E-state index is 0.0500. The maximum Gasteiger partial charge on any atom is 0.234 e. The van der Waals surface area contributed by atoms with Gasteiger partial charge in [-0.15, -0.1) is 0 Å². The standard InChI is InChI=1S/C12H24N2O2/c1-12(2,9-16-3)14-11(15)8-13-10-6-4-5-7-10/h10,13H,4-9H2,1-3H3,(H,14,15). The van der Waals surface area contributed by atoms with Crippen molar-refractivity contribution < 1.29 is 9.53 Å². The highest BCUT2D eigenvalue weighted by molar-refractivity contribution is 5.78. The van der Waals surface area contributed by atoms with Crippen molar-refractivity contribution in [2.45, 2.75) is 51.1 Å². The number of methoxy groups -OCH3 is 1. The van der Waals surface area contributed by atoms with E-state index >= 15 is 0 Å². The van der Waals surface area contributed by atoms with Gasteiger partial charge in [-0.25, -0.2) is 0 Å². The highest BCUT2D eigenvalue weighted by Gasteiger charge is 2.21. The van der Waals surface area contributed by atoms with Gasteiger partial charge in [-0.1, -0.05) is 12.8 Å². The van der Waals surface area contributed by atoms with Crippen LogP contribution in [0.1, 0.15) is 39.5 Å². The van der Waals surface area contributed by atoms with Gasteiger partial charge in [-0.05, 0) is 26.7 Å². The third-order valence-electron chi connectivity index (χ3n) is 2.89. The molecule has 1 rings (SSSR count). The molecule has 94 valence electrons. The molecule has 0 bridgehead atoms. The minimum atomic E-state index is -0.289. The number of carbonyl (C=O) groups is 1. The van der Waals surface area contributed by atoms with Crippen LogP contribution in [0.15, 0.2) is 0 Å². The van der Waals surface area contributed by atoms with Crippen LogP contribution in [0.25, 0.3) is 0 Å². The molecule has 0 aromatic rings. The summed E-state index contributed by atoms with van der Waals surface area (Å²) in [5.41, 5.74) is -0.289. The number of hydrogen-bond donors (Lipinski definition) is 2. The Labute approximate surface area is 98.1 Å². The van der Waals surface area contributed by atoms with Crippen molar-refractivity contribution in [3.8, 4) is 0 Å². The van der Waals surface area contributed by atoms with E-state index in [1.165, 1.54) is 25.7 Å². The molecule has 1 saturated carbocycles. The molecule has 2 N–H and O–H groups in total. The van der Waals surface area contributed by atoms with Gasteiger partial charge < -0.3 is 15.4 Å². The second kappa shape index (κ2) is 6.21. The van der Waals surface area contributed by atoms with Crippen LogP contribution in [0.3, 0.4) is 0 Å². The van der Waals surface area contributed by atoms with Gasteiger partial charge in [0.2, 0.25) is 5.91 Å². The summed E-state index contributed by atoms with van der Waals surface area (Å²) in [6, 6.07) is 0.538. The molecule has 4 heteroatoms. The van der Waals surface area contributed by atoms with E-state index in [2.05, 4.69) is 10.6 Å². The number of rotatable bonds is 6. The van der Waals surface area contributed by atoms with E-state index in [-0.39, 0.29) is 11.4 Å². The summed E-state index contributed by atoms with van der Waals surface area (Å²) in [5.74, 6) is 0.0500. The van der Waals surface area contributed by atoms with E-state index in [1.54, 1.807) is 7.11 Å². The lowest BCUT2D eigenvalue weighted by Crippen LogP contribution is -2.50. The first-order valence-corrected chi connectivity index (χ1v) is 6.07. The normalized spacial score (nSPS) is 17.7. The molecule has 1 aliphatic carbocycles. The number of hydrogen-bond acceptors (Lipinski definition) is 3. The summed E-state index contributed by atoms with van der Waals surface area (Å²) in [7, 11) is 1.64. The Kier molecular flexibility index (Phi) is 5.22. The van der Waals surface area contributed by atoms with Crippen LogP contribution in [-0.2, 0) is 9.53 Å². The molecule has 0 atom stereocenters. The molecule has 0 aliphatic heterocycles. The topological polar surface area (TPSA) is 50.4 Å². The van der Waals surface area contributed by atoms with Gasteiger partial charge in [0.15, 0.2) is 0 Å². The SMILES string of the molecule is COCC(C)(C)NC(=O)CNC1CCCC1. The molecule has 0 radical (unpaired) electrons. The van der Waals surface area contributed by atoms with Gasteiger partial charge in [-0.3, -0.25) is 4.79 Å². The second-order valence-corrected chi connectivity index (χ2v) is 5.23. The first-order valence-electron chi connectivity index (χ1n) is 6.07. The Morgan fingerprint density at radius 1 is 1.38 bits per heavy atom. The molecule has 0 aromatic heterocycles. The van der Waals surface area contributed by atoms with Crippen LogP contribution >= 0.6 is 0 Å². The summed E-state index contributed by atoms with van der Waals surface area (Å²) in [6.07, 6.45) is 4.98. The molecule has 0 saturated heterocycles. The maximum atomic E-state index is 11.7. The summed E-state index contributed by atoms with van der Waals surface area (Å²) in [5, 5.41) is 6.25. The fraction of sp³-hybridized carbons (Fsp3) is 0.917. The fourth-order valence-corrected chi connectivity index (χ4v) is 2.19. The van der Waals surface area contributed by atoms with Crippen molar-refractivity contribution in [3.05, 3.63) is 0 Å². The smallest absolute Gasteiger partial charge is 0.234 e. The Morgan fingerprint density at radius 2 is 2.00 bits per heavy atom. The van der Waals surface area contributed by atoms with E-state index in [1.807, 2.05) is 13.8 Å². The van der Waals surface area contributed by atoms with Crippen molar-refractivity contribution >= 4 is 5.91 Å². The molecule has 1 aliphatic rings. The zero-order chi connectivity index (χ0) is 12.0. The molecular formula is C12H24N2O2. The lowest BCUT2D eigenvalue weighted by Gasteiger charge is -2.25. The lowest BCUT2D eigenvalue weighted by atomic mass is 10.1. The monoisotopic (exact) mass is 228 g/mol. The molecule has 4 nitrogen and oxygen atoms in total. The van der Waals surface area contributed by atoms with E-state index in [0.29, 0.717) is 19.2 Å². The molecule has 16 heavy (non-hydrogen) atoms. The summed E-state index contributed by atoms with van der Waals surface area (Å²) >= 11 is 0. The number of amides is 1. The predicted octanol–water partition coefficient (Wildman–Crippen LogP) is 1.06. The van der Waals surface area contributed by atoms with Gasteiger partial charge in [0, 0.05) is 13.2 Å². The van der Waals surface area contributed by atoms with E-state index in [9.17, 15) is 4.79 Å². The molecule has 0 unspecified atom stereocenters. The number of carbonyl (C=O) groups excluding carboxylic acids is 1. The lowest BCUT2D eigenvalue weighted by molar-refractivity contribution is -0.122. The highest BCUT2D eigenvalue weighted by atomic mass is 16.5. The van der Waals surface area contributed by atoms with E-state index < -0.39 is 0 Å². The quantitative estimate of drug-likeness (QED) is 0.714. The van der Waals surface area contributed by atoms with Gasteiger partial charge in [0.25, 0.3) is 0 Å². The summed E-state index contributed by atoms with van der Waals surface area (Å²) < 4.78 is 5.05. The summed E-state index contributed by atoms with van der Waals surface area (Å²) in [4.78, 5) is 11.7. The zero-order valence-corrected chi connectivity index (χ0v) is 10.6. The van der Waals surface area contributed by atoms with Crippen molar-refractivity contribution in [2.75, 3.05) is 20.3 Å². The van der Waals surface area contributed by atoms with Gasteiger partial charge in [0.1, 0.15) is 0 Å². The average Bonchev–Trinajstić information content (AvgIpc) is 2.66. The maximum absolute atomic E-state index is 11.7. The third kappa shape index (κ3) is 4.94. The molecule has 1 amide bonds. The van der Waals surface area contributed by atoms with Gasteiger partial charge in [0.05, 0.1) is 18.7 Å². The van der Waals surface area contributed by atoms with Crippen LogP contribution in [0.5, 0.6) is 0 Å². The fourth-order valence-electron chi connectivity index (χ4n) is 2.19. The third-order valence-corrected chi connectivity index (χ3v) is 2.89. The van der Waals surface area contributed by atoms with Crippen LogP contribution in [0.2, 0.25) is 0 Å². The second-order valence-electron chi connectivity index (χ2n) is 5.23. The van der Waals surface area contributed by atoms with Crippen molar-refractivity contribution in [3.63, 3.8) is 0 Å². The molecule has 0 aromatic carbocycles. The van der Waals surface area contributed by atoms with Crippen molar-refractivity contribution in [1.29, 1.82) is 0 Å². The van der Waals surface area contributed by atoms with Crippen molar-refractivity contribution in [2.24, 2.45) is 0 Å². The molecule has 1 fully saturated rings. The Bertz CT molecular complexity index is 223. The first kappa shape index (κ1) is 13.5. The Morgan fingerprint density at radius 3 is 2.56 bits per heavy atom. The molecule has 0 heterocycles. The van der Waals surface area contributed by atoms with E-state index in [4.69, 9.17) is 4.74 Å². The predicted molar refractivity (Wildman–Crippen MR) is 64.4 cm³/mol. The number of ether oxygens (including phenoxy) is 1. The summed E-state index contributed by atoms with van der Waals surface area (Å²) in [6.45, 7) is 4.87. The largest absolute Gasteiger partial charge is 0.382 e. The average molecular weight is 228 g/mol. The first-order chi connectivity index (χ1) is 7.53. The minimum Gasteiger partial charge on any atom is -0.382 e. The van der Waals surface area contributed by atoms with E-state index in [0.717, 1.165) is 0 Å². The van der Waals surface area contributed by atoms with Crippen LogP contribution < -0.4 is 10.6 Å². The molecular weight excluding hydrogens is 204 g/mol. The van der Waals surface area contributed by atoms with Crippen LogP contribution in [0.4, 0.5) is 0 Å².